The summed E-state index contributed by atoms with van der Waals surface area (Å²) >= 11 is 15.0. The number of sulfonamides is 1. The lowest BCUT2D eigenvalue weighted by molar-refractivity contribution is 0.601. The predicted molar refractivity (Wildman–Crippen MR) is 73.6 cm³/mol. The molecule has 18 heavy (non-hydrogen) atoms. The molecule has 0 saturated heterocycles. The number of rotatable bonds is 3. The molecule has 0 fully saturated rings. The van der Waals surface area contributed by atoms with Crippen molar-refractivity contribution in [3.8, 4) is 0 Å². The minimum Gasteiger partial charge on any atom is -0.264 e. The number of benzene rings is 1. The Morgan fingerprint density at radius 3 is 2.39 bits per heavy atom. The first-order chi connectivity index (χ1) is 8.40. The molecule has 5 nitrogen and oxygen atoms in total. The Labute approximate surface area is 122 Å². The molecule has 0 aliphatic heterocycles. The second kappa shape index (κ2) is 5.08. The quantitative estimate of drug-likeness (QED) is 0.870. The standard InChI is InChI=1S/C9H6BrCl2N3O2S/c10-5-3-6(11)9(7(12)4-5)18(16,17)15-8-1-2-13-14-8/h1-4H,(H2,13,14,15). The van der Waals surface area contributed by atoms with Gasteiger partial charge >= 0.3 is 0 Å². The van der Waals surface area contributed by atoms with Crippen molar-refractivity contribution in [1.29, 1.82) is 0 Å². The van der Waals surface area contributed by atoms with E-state index in [1.54, 1.807) is 0 Å². The Hall–Kier alpha value is -0.760. The van der Waals surface area contributed by atoms with Crippen molar-refractivity contribution in [2.75, 3.05) is 4.72 Å². The van der Waals surface area contributed by atoms with E-state index in [9.17, 15) is 8.42 Å². The topological polar surface area (TPSA) is 74.8 Å². The second-order valence-electron chi connectivity index (χ2n) is 3.27. The van der Waals surface area contributed by atoms with E-state index >= 15 is 0 Å². The third kappa shape index (κ3) is 2.80. The first-order valence-corrected chi connectivity index (χ1v) is 7.60. The van der Waals surface area contributed by atoms with Gasteiger partial charge in [-0.3, -0.25) is 9.82 Å². The molecule has 0 unspecified atom stereocenters. The number of aromatic nitrogens is 2. The summed E-state index contributed by atoms with van der Waals surface area (Å²) in [6, 6.07) is 4.38. The number of H-pyrrole nitrogens is 1. The Bertz CT molecular complexity index is 650. The van der Waals surface area contributed by atoms with Crippen molar-refractivity contribution in [2.45, 2.75) is 4.90 Å². The molecule has 0 bridgehead atoms. The highest BCUT2D eigenvalue weighted by Crippen LogP contribution is 2.33. The molecular formula is C9H6BrCl2N3O2S. The average Bonchev–Trinajstić information content (AvgIpc) is 2.66. The highest BCUT2D eigenvalue weighted by Gasteiger charge is 2.22. The van der Waals surface area contributed by atoms with Gasteiger partial charge in [0.15, 0.2) is 0 Å². The molecule has 1 aromatic carbocycles. The summed E-state index contributed by atoms with van der Waals surface area (Å²) in [5.41, 5.74) is 0. The van der Waals surface area contributed by atoms with Crippen LogP contribution in [0.3, 0.4) is 0 Å². The van der Waals surface area contributed by atoms with Crippen LogP contribution in [-0.4, -0.2) is 18.6 Å². The molecule has 1 aromatic heterocycles. The summed E-state index contributed by atoms with van der Waals surface area (Å²) in [6.45, 7) is 0. The Balaban J connectivity index is 2.48. The summed E-state index contributed by atoms with van der Waals surface area (Å²) < 4.78 is 27.1. The Morgan fingerprint density at radius 1 is 1.28 bits per heavy atom. The van der Waals surface area contributed by atoms with Crippen LogP contribution in [0.1, 0.15) is 0 Å². The largest absolute Gasteiger partial charge is 0.266 e. The van der Waals surface area contributed by atoms with E-state index in [2.05, 4.69) is 30.8 Å². The normalized spacial score (nSPS) is 11.5. The molecule has 0 radical (unpaired) electrons. The van der Waals surface area contributed by atoms with Gasteiger partial charge in [-0.05, 0) is 12.1 Å². The van der Waals surface area contributed by atoms with Gasteiger partial charge in [-0.15, -0.1) is 0 Å². The van der Waals surface area contributed by atoms with Gasteiger partial charge in [0.25, 0.3) is 10.0 Å². The maximum atomic E-state index is 12.1. The molecule has 9 heteroatoms. The van der Waals surface area contributed by atoms with Crippen molar-refractivity contribution in [3.05, 3.63) is 38.9 Å². The fourth-order valence-corrected chi connectivity index (χ4v) is 4.25. The Kier molecular flexibility index (Phi) is 3.86. The molecule has 0 saturated carbocycles. The highest BCUT2D eigenvalue weighted by molar-refractivity contribution is 9.10. The molecule has 0 aliphatic carbocycles. The minimum atomic E-state index is -3.87. The van der Waals surface area contributed by atoms with E-state index < -0.39 is 10.0 Å². The van der Waals surface area contributed by atoms with E-state index in [4.69, 9.17) is 23.2 Å². The lowest BCUT2D eigenvalue weighted by Gasteiger charge is -2.09. The number of nitrogens with zero attached hydrogens (tertiary/aromatic N) is 1. The fourth-order valence-electron chi connectivity index (χ4n) is 1.29. The molecule has 2 rings (SSSR count). The van der Waals surface area contributed by atoms with Crippen LogP contribution >= 0.6 is 39.1 Å². The molecule has 1 heterocycles. The number of nitrogens with one attached hydrogen (secondary N) is 2. The van der Waals surface area contributed by atoms with Gasteiger partial charge in [-0.2, -0.15) is 5.10 Å². The van der Waals surface area contributed by atoms with E-state index in [1.165, 1.54) is 24.4 Å². The number of halogens is 3. The second-order valence-corrected chi connectivity index (χ2v) is 6.62. The van der Waals surface area contributed by atoms with Crippen LogP contribution in [-0.2, 0) is 10.0 Å². The molecule has 0 spiro atoms. The summed E-state index contributed by atoms with van der Waals surface area (Å²) in [4.78, 5) is -0.177. The van der Waals surface area contributed by atoms with E-state index in [0.717, 1.165) is 0 Å². The van der Waals surface area contributed by atoms with E-state index in [1.807, 2.05) is 0 Å². The first-order valence-electron chi connectivity index (χ1n) is 4.57. The van der Waals surface area contributed by atoms with Crippen molar-refractivity contribution in [3.63, 3.8) is 0 Å². The molecule has 0 atom stereocenters. The zero-order valence-electron chi connectivity index (χ0n) is 8.62. The summed E-state index contributed by atoms with van der Waals surface area (Å²) in [6.07, 6.45) is 1.42. The van der Waals surface area contributed by atoms with E-state index in [-0.39, 0.29) is 20.8 Å². The zero-order chi connectivity index (χ0) is 13.3. The van der Waals surface area contributed by atoms with Crippen molar-refractivity contribution >= 4 is 55.0 Å². The van der Waals surface area contributed by atoms with Crippen molar-refractivity contribution in [1.82, 2.24) is 10.2 Å². The SMILES string of the molecule is O=S(=O)(Nc1ccn[nH]1)c1c(Cl)cc(Br)cc1Cl. The first kappa shape index (κ1) is 13.7. The summed E-state index contributed by atoms with van der Waals surface area (Å²) in [5.74, 6) is 0.227. The summed E-state index contributed by atoms with van der Waals surface area (Å²) in [5, 5.41) is 6.17. The molecule has 96 valence electrons. The number of aromatic amines is 1. The van der Waals surface area contributed by atoms with Crippen LogP contribution in [0.15, 0.2) is 33.8 Å². The van der Waals surface area contributed by atoms with Gasteiger partial charge < -0.3 is 0 Å². The lowest BCUT2D eigenvalue weighted by atomic mass is 10.4. The maximum absolute atomic E-state index is 12.1. The average molecular weight is 371 g/mol. The van der Waals surface area contributed by atoms with Crippen molar-refractivity contribution < 1.29 is 8.42 Å². The van der Waals surface area contributed by atoms with Gasteiger partial charge in [-0.25, -0.2) is 8.42 Å². The van der Waals surface area contributed by atoms with Gasteiger partial charge in [0.2, 0.25) is 0 Å². The lowest BCUT2D eigenvalue weighted by Crippen LogP contribution is -2.14. The molecule has 2 N–H and O–H groups in total. The Morgan fingerprint density at radius 2 is 1.89 bits per heavy atom. The maximum Gasteiger partial charge on any atom is 0.266 e. The summed E-state index contributed by atoms with van der Waals surface area (Å²) in [7, 11) is -3.87. The van der Waals surface area contributed by atoms with Crippen LogP contribution in [0, 0.1) is 0 Å². The number of anilines is 1. The van der Waals surface area contributed by atoms with Crippen LogP contribution in [0.2, 0.25) is 10.0 Å². The van der Waals surface area contributed by atoms with Crippen LogP contribution in [0.4, 0.5) is 5.82 Å². The zero-order valence-corrected chi connectivity index (χ0v) is 12.5. The number of hydrogen-bond acceptors (Lipinski definition) is 3. The van der Waals surface area contributed by atoms with E-state index in [0.29, 0.717) is 4.47 Å². The van der Waals surface area contributed by atoms with Crippen LogP contribution in [0.25, 0.3) is 0 Å². The third-order valence-corrected chi connectivity index (χ3v) is 4.72. The van der Waals surface area contributed by atoms with Gasteiger partial charge in [0, 0.05) is 10.5 Å². The third-order valence-electron chi connectivity index (χ3n) is 1.98. The number of hydrogen-bond donors (Lipinski definition) is 2. The molecule has 0 aliphatic rings. The fraction of sp³-hybridized carbons (Fsp3) is 0. The highest BCUT2D eigenvalue weighted by atomic mass is 79.9. The van der Waals surface area contributed by atoms with Crippen LogP contribution < -0.4 is 4.72 Å². The minimum absolute atomic E-state index is 0.0291. The molecule has 2 aromatic rings. The smallest absolute Gasteiger partial charge is 0.264 e. The monoisotopic (exact) mass is 369 g/mol. The van der Waals surface area contributed by atoms with Gasteiger partial charge in [0.1, 0.15) is 10.7 Å². The van der Waals surface area contributed by atoms with Gasteiger partial charge in [-0.1, -0.05) is 39.1 Å². The molecule has 0 amide bonds. The van der Waals surface area contributed by atoms with Gasteiger partial charge in [0.05, 0.1) is 16.2 Å². The van der Waals surface area contributed by atoms with Crippen molar-refractivity contribution in [2.24, 2.45) is 0 Å². The predicted octanol–water partition coefficient (Wildman–Crippen LogP) is 3.28. The molecular weight excluding hydrogens is 365 g/mol. The van der Waals surface area contributed by atoms with Crippen LogP contribution in [0.5, 0.6) is 0 Å².